The van der Waals surface area contributed by atoms with Crippen LogP contribution in [0.5, 0.6) is 0 Å². The second kappa shape index (κ2) is 6.21. The van der Waals surface area contributed by atoms with Crippen molar-refractivity contribution < 1.29 is 17.6 Å². The van der Waals surface area contributed by atoms with Gasteiger partial charge in [-0.1, -0.05) is 0 Å². The monoisotopic (exact) mass is 337 g/mol. The van der Waals surface area contributed by atoms with Crippen molar-refractivity contribution >= 4 is 26.8 Å². The van der Waals surface area contributed by atoms with Crippen LogP contribution in [0.3, 0.4) is 0 Å². The molecular formula is C15H16FN3O3S. The van der Waals surface area contributed by atoms with E-state index in [1.807, 2.05) is 0 Å². The third-order valence-corrected chi connectivity index (χ3v) is 5.33. The zero-order valence-corrected chi connectivity index (χ0v) is 13.1. The summed E-state index contributed by atoms with van der Waals surface area (Å²) in [5, 5.41) is 2.87. The standard InChI is InChI=1S/C15H16FN3O3S/c16-11-6-7-13(10-4-3-9-17-14(10)11)23(21,22)19-12-5-1-2-8-18-15(12)20/h3-4,6-7,9,12,19H,1-2,5,8H2,(H,18,20)/t12-/m1/s1. The second-order valence-electron chi connectivity index (χ2n) is 5.41. The molecule has 8 heteroatoms. The van der Waals surface area contributed by atoms with Gasteiger partial charge >= 0.3 is 0 Å². The van der Waals surface area contributed by atoms with Crippen LogP contribution >= 0.6 is 0 Å². The van der Waals surface area contributed by atoms with Crippen LogP contribution < -0.4 is 10.0 Å². The molecule has 1 aliphatic heterocycles. The number of hydrogen-bond acceptors (Lipinski definition) is 4. The maximum atomic E-state index is 13.8. The molecule has 0 spiro atoms. The Kier molecular flexibility index (Phi) is 4.27. The molecule has 1 fully saturated rings. The van der Waals surface area contributed by atoms with E-state index < -0.39 is 21.9 Å². The molecule has 1 aliphatic rings. The van der Waals surface area contributed by atoms with E-state index in [0.29, 0.717) is 13.0 Å². The molecule has 3 rings (SSSR count). The smallest absolute Gasteiger partial charge is 0.241 e. The van der Waals surface area contributed by atoms with Crippen LogP contribution in [-0.4, -0.2) is 31.9 Å². The van der Waals surface area contributed by atoms with Crippen LogP contribution in [0.4, 0.5) is 4.39 Å². The van der Waals surface area contributed by atoms with Crippen molar-refractivity contribution in [3.05, 3.63) is 36.3 Å². The van der Waals surface area contributed by atoms with Gasteiger partial charge in [0.25, 0.3) is 0 Å². The minimum Gasteiger partial charge on any atom is -0.355 e. The number of benzene rings is 1. The first kappa shape index (κ1) is 15.8. The molecule has 0 radical (unpaired) electrons. The molecule has 23 heavy (non-hydrogen) atoms. The molecule has 2 aromatic rings. The average molecular weight is 337 g/mol. The molecule has 0 bridgehead atoms. The molecule has 1 amide bonds. The Morgan fingerprint density at radius 2 is 2.09 bits per heavy atom. The lowest BCUT2D eigenvalue weighted by molar-refractivity contribution is -0.122. The predicted octanol–water partition coefficient (Wildman–Crippen LogP) is 1.32. The zero-order valence-electron chi connectivity index (χ0n) is 12.3. The lowest BCUT2D eigenvalue weighted by Gasteiger charge is -2.16. The van der Waals surface area contributed by atoms with Gasteiger partial charge < -0.3 is 5.32 Å². The Balaban J connectivity index is 2.00. The SMILES string of the molecule is O=C1NCCCC[C@H]1NS(=O)(=O)c1ccc(F)c2ncccc12. The van der Waals surface area contributed by atoms with Crippen molar-refractivity contribution in [3.8, 4) is 0 Å². The number of pyridine rings is 1. The van der Waals surface area contributed by atoms with Gasteiger partial charge in [-0.15, -0.1) is 0 Å². The first-order chi connectivity index (χ1) is 11.0. The first-order valence-electron chi connectivity index (χ1n) is 7.32. The molecule has 122 valence electrons. The van der Waals surface area contributed by atoms with Crippen molar-refractivity contribution in [2.24, 2.45) is 0 Å². The van der Waals surface area contributed by atoms with Gasteiger partial charge in [0, 0.05) is 18.1 Å². The van der Waals surface area contributed by atoms with E-state index >= 15 is 0 Å². The molecule has 6 nitrogen and oxygen atoms in total. The molecule has 0 unspecified atom stereocenters. The molecule has 2 N–H and O–H groups in total. The van der Waals surface area contributed by atoms with Crippen molar-refractivity contribution in [2.45, 2.75) is 30.2 Å². The van der Waals surface area contributed by atoms with E-state index in [1.54, 1.807) is 6.07 Å². The van der Waals surface area contributed by atoms with Gasteiger partial charge in [0.2, 0.25) is 15.9 Å². The molecule has 1 aromatic carbocycles. The van der Waals surface area contributed by atoms with Gasteiger partial charge in [0.05, 0.1) is 4.90 Å². The van der Waals surface area contributed by atoms with Crippen molar-refractivity contribution in [2.75, 3.05) is 6.54 Å². The van der Waals surface area contributed by atoms with E-state index in [0.717, 1.165) is 18.9 Å². The highest BCUT2D eigenvalue weighted by atomic mass is 32.2. The normalized spacial score (nSPS) is 19.3. The summed E-state index contributed by atoms with van der Waals surface area (Å²) in [5.41, 5.74) is -0.0132. The Morgan fingerprint density at radius 3 is 2.91 bits per heavy atom. The topological polar surface area (TPSA) is 88.2 Å². The number of halogens is 1. The Morgan fingerprint density at radius 1 is 1.26 bits per heavy atom. The third-order valence-electron chi connectivity index (χ3n) is 3.80. The van der Waals surface area contributed by atoms with Gasteiger partial charge in [-0.3, -0.25) is 9.78 Å². The number of sulfonamides is 1. The van der Waals surface area contributed by atoms with Crippen LogP contribution in [-0.2, 0) is 14.8 Å². The van der Waals surface area contributed by atoms with Crippen LogP contribution in [0, 0.1) is 5.82 Å². The van der Waals surface area contributed by atoms with E-state index in [4.69, 9.17) is 0 Å². The number of nitrogens with zero attached hydrogens (tertiary/aromatic N) is 1. The van der Waals surface area contributed by atoms with Gasteiger partial charge in [0.1, 0.15) is 17.4 Å². The van der Waals surface area contributed by atoms with Crippen molar-refractivity contribution in [3.63, 3.8) is 0 Å². The van der Waals surface area contributed by atoms with E-state index in [9.17, 15) is 17.6 Å². The van der Waals surface area contributed by atoms with E-state index in [2.05, 4.69) is 15.0 Å². The highest BCUT2D eigenvalue weighted by Gasteiger charge is 2.28. The fraction of sp³-hybridized carbons (Fsp3) is 0.333. The molecule has 1 atom stereocenters. The summed E-state index contributed by atoms with van der Waals surface area (Å²) in [4.78, 5) is 15.7. The predicted molar refractivity (Wildman–Crippen MR) is 82.7 cm³/mol. The summed E-state index contributed by atoms with van der Waals surface area (Å²) in [6.07, 6.45) is 3.39. The summed E-state index contributed by atoms with van der Waals surface area (Å²) in [6.45, 7) is 0.542. The number of rotatable bonds is 3. The molecule has 2 heterocycles. The highest BCUT2D eigenvalue weighted by molar-refractivity contribution is 7.89. The largest absolute Gasteiger partial charge is 0.355 e. The summed E-state index contributed by atoms with van der Waals surface area (Å²) in [5.74, 6) is -0.928. The summed E-state index contributed by atoms with van der Waals surface area (Å²) < 4.78 is 41.5. The zero-order chi connectivity index (χ0) is 16.4. The van der Waals surface area contributed by atoms with Gasteiger partial charge in [-0.05, 0) is 43.5 Å². The van der Waals surface area contributed by atoms with Crippen LogP contribution in [0.25, 0.3) is 10.9 Å². The van der Waals surface area contributed by atoms with Crippen LogP contribution in [0.1, 0.15) is 19.3 Å². The molecule has 0 saturated carbocycles. The summed E-state index contributed by atoms with van der Waals surface area (Å²) >= 11 is 0. The van der Waals surface area contributed by atoms with Crippen LogP contribution in [0.2, 0.25) is 0 Å². The Bertz CT molecular complexity index is 854. The molecule has 0 aliphatic carbocycles. The van der Waals surface area contributed by atoms with Crippen LogP contribution in [0.15, 0.2) is 35.4 Å². The molecular weight excluding hydrogens is 321 g/mol. The number of amides is 1. The number of carbonyl (C=O) groups is 1. The Hall–Kier alpha value is -2.06. The quantitative estimate of drug-likeness (QED) is 0.884. The average Bonchev–Trinajstić information content (AvgIpc) is 2.72. The number of fused-ring (bicyclic) bond motifs is 1. The lowest BCUT2D eigenvalue weighted by Crippen LogP contribution is -2.45. The maximum absolute atomic E-state index is 13.8. The minimum absolute atomic E-state index is 0.0132. The summed E-state index contributed by atoms with van der Waals surface area (Å²) in [6, 6.07) is 4.47. The number of hydrogen-bond donors (Lipinski definition) is 2. The first-order valence-corrected chi connectivity index (χ1v) is 8.80. The number of aromatic nitrogens is 1. The highest BCUT2D eigenvalue weighted by Crippen LogP contribution is 2.24. The van der Waals surface area contributed by atoms with Crippen molar-refractivity contribution in [1.29, 1.82) is 0 Å². The molecule has 1 aromatic heterocycles. The van der Waals surface area contributed by atoms with Crippen molar-refractivity contribution in [1.82, 2.24) is 15.0 Å². The van der Waals surface area contributed by atoms with Gasteiger partial charge in [0.15, 0.2) is 0 Å². The maximum Gasteiger partial charge on any atom is 0.241 e. The fourth-order valence-electron chi connectivity index (χ4n) is 2.65. The Labute approximate surface area is 133 Å². The van der Waals surface area contributed by atoms with Gasteiger partial charge in [-0.25, -0.2) is 12.8 Å². The van der Waals surface area contributed by atoms with E-state index in [-0.39, 0.29) is 21.7 Å². The summed E-state index contributed by atoms with van der Waals surface area (Å²) in [7, 11) is -3.97. The minimum atomic E-state index is -3.97. The fourth-order valence-corrected chi connectivity index (χ4v) is 4.08. The second-order valence-corrected chi connectivity index (χ2v) is 7.09. The lowest BCUT2D eigenvalue weighted by atomic mass is 10.1. The van der Waals surface area contributed by atoms with E-state index in [1.165, 1.54) is 18.3 Å². The van der Waals surface area contributed by atoms with Gasteiger partial charge in [-0.2, -0.15) is 4.72 Å². The number of nitrogens with one attached hydrogen (secondary N) is 2. The molecule has 1 saturated heterocycles. The number of carbonyl (C=O) groups excluding carboxylic acids is 1. The third kappa shape index (κ3) is 3.18.